The van der Waals surface area contributed by atoms with Crippen LogP contribution in [0.15, 0.2) is 52.2 Å². The van der Waals surface area contributed by atoms with E-state index >= 15 is 0 Å². The van der Waals surface area contributed by atoms with Crippen molar-refractivity contribution < 1.29 is 27.7 Å². The molecule has 0 fully saturated rings. The molecule has 1 amide bonds. The Bertz CT molecular complexity index is 1190. The van der Waals surface area contributed by atoms with E-state index in [0.29, 0.717) is 11.3 Å². The number of thiophene rings is 1. The van der Waals surface area contributed by atoms with Crippen molar-refractivity contribution in [1.29, 1.82) is 0 Å². The molecule has 1 aromatic carbocycles. The van der Waals surface area contributed by atoms with Gasteiger partial charge in [0.05, 0.1) is 16.2 Å². The maximum absolute atomic E-state index is 12.4. The van der Waals surface area contributed by atoms with Crippen molar-refractivity contribution >= 4 is 60.4 Å². The number of sulfonamides is 1. The van der Waals surface area contributed by atoms with Gasteiger partial charge in [-0.2, -0.15) is 0 Å². The Kier molecular flexibility index (Phi) is 6.39. The number of carbonyl (C=O) groups excluding carboxylic acids is 2. The highest BCUT2D eigenvalue weighted by Crippen LogP contribution is 2.25. The normalized spacial score (nSPS) is 10.9. The smallest absolute Gasteiger partial charge is 0.345 e. The highest BCUT2D eigenvalue weighted by molar-refractivity contribution is 7.94. The molecule has 0 aliphatic rings. The van der Waals surface area contributed by atoms with Gasteiger partial charge in [0.25, 0.3) is 15.9 Å². The van der Waals surface area contributed by atoms with Gasteiger partial charge < -0.3 is 4.74 Å². The van der Waals surface area contributed by atoms with E-state index < -0.39 is 33.4 Å². The molecule has 156 valence electrons. The lowest BCUT2D eigenvalue weighted by Crippen LogP contribution is -2.22. The minimum Gasteiger partial charge on any atom is -0.452 e. The van der Waals surface area contributed by atoms with Gasteiger partial charge in [-0.05, 0) is 34.9 Å². The molecule has 2 aromatic heterocycles. The lowest BCUT2D eigenvalue weighted by atomic mass is 10.2. The summed E-state index contributed by atoms with van der Waals surface area (Å²) in [5.41, 5.74) is -0.0952. The third kappa shape index (κ3) is 5.16. The van der Waals surface area contributed by atoms with Crippen molar-refractivity contribution in [1.82, 2.24) is 4.98 Å². The third-order valence-corrected chi connectivity index (χ3v) is 7.03. The number of nitrogens with one attached hydrogen (secondary N) is 2. The quantitative estimate of drug-likeness (QED) is 0.290. The van der Waals surface area contributed by atoms with E-state index in [4.69, 9.17) is 4.74 Å². The van der Waals surface area contributed by atoms with Crippen LogP contribution < -0.4 is 10.0 Å². The molecule has 30 heavy (non-hydrogen) atoms. The van der Waals surface area contributed by atoms with Crippen molar-refractivity contribution in [3.63, 3.8) is 0 Å². The number of para-hydroxylation sites is 1. The van der Waals surface area contributed by atoms with Crippen LogP contribution in [0.4, 0.5) is 15.8 Å². The van der Waals surface area contributed by atoms with Crippen LogP contribution in [-0.4, -0.2) is 36.8 Å². The molecule has 0 aliphatic carbocycles. The summed E-state index contributed by atoms with van der Waals surface area (Å²) in [7, 11) is -3.88. The number of thiazole rings is 1. The molecule has 0 saturated carbocycles. The Hall–Kier alpha value is -3.36. The summed E-state index contributed by atoms with van der Waals surface area (Å²) >= 11 is 1.66. The van der Waals surface area contributed by atoms with Crippen LogP contribution in [0.2, 0.25) is 0 Å². The Balaban J connectivity index is 1.64. The molecule has 0 saturated heterocycles. The van der Waals surface area contributed by atoms with Crippen molar-refractivity contribution in [3.05, 3.63) is 63.7 Å². The standard InChI is InChI=1S/C16H12N4O7S3/c21-12(18-16-17-8-13(29-16)20(23)24)9-27-15(22)10-4-1-2-5-11(10)19-30(25,26)14-6-3-7-28-14/h1-8,19H,9H2,(H,17,18,21). The molecule has 2 N–H and O–H groups in total. The first kappa shape index (κ1) is 21.4. The lowest BCUT2D eigenvalue weighted by molar-refractivity contribution is -0.380. The molecule has 0 unspecified atom stereocenters. The summed E-state index contributed by atoms with van der Waals surface area (Å²) < 4.78 is 32.1. The van der Waals surface area contributed by atoms with Crippen LogP contribution in [0.1, 0.15) is 10.4 Å². The van der Waals surface area contributed by atoms with Gasteiger partial charge in [0, 0.05) is 0 Å². The summed E-state index contributed by atoms with van der Waals surface area (Å²) in [6.45, 7) is -0.696. The van der Waals surface area contributed by atoms with Crippen LogP contribution in [0.3, 0.4) is 0 Å². The van der Waals surface area contributed by atoms with E-state index in [1.54, 1.807) is 11.4 Å². The average molecular weight is 468 g/mol. The van der Waals surface area contributed by atoms with Gasteiger partial charge in [-0.15, -0.1) is 11.3 Å². The zero-order chi connectivity index (χ0) is 21.7. The molecule has 0 radical (unpaired) electrons. The lowest BCUT2D eigenvalue weighted by Gasteiger charge is -2.11. The van der Waals surface area contributed by atoms with Crippen LogP contribution >= 0.6 is 22.7 Å². The molecule has 11 nitrogen and oxygen atoms in total. The number of nitro groups is 1. The van der Waals surface area contributed by atoms with Crippen molar-refractivity contribution in [2.24, 2.45) is 0 Å². The zero-order valence-electron chi connectivity index (χ0n) is 14.8. The van der Waals surface area contributed by atoms with E-state index in [0.717, 1.165) is 17.5 Å². The van der Waals surface area contributed by atoms with E-state index in [2.05, 4.69) is 15.0 Å². The molecule has 0 atom stereocenters. The maximum atomic E-state index is 12.4. The highest BCUT2D eigenvalue weighted by atomic mass is 32.2. The van der Waals surface area contributed by atoms with E-state index in [9.17, 15) is 28.1 Å². The summed E-state index contributed by atoms with van der Waals surface area (Å²) in [4.78, 5) is 37.9. The minimum atomic E-state index is -3.88. The van der Waals surface area contributed by atoms with Gasteiger partial charge in [-0.1, -0.05) is 18.2 Å². The summed E-state index contributed by atoms with van der Waals surface area (Å²) in [6, 6.07) is 8.77. The number of anilines is 2. The molecule has 3 rings (SSSR count). The Morgan fingerprint density at radius 1 is 1.20 bits per heavy atom. The molecule has 2 heterocycles. The van der Waals surface area contributed by atoms with Crippen molar-refractivity contribution in [2.75, 3.05) is 16.6 Å². The largest absolute Gasteiger partial charge is 0.452 e. The molecule has 14 heteroatoms. The predicted octanol–water partition coefficient (Wildman–Crippen LogP) is 2.71. The first-order chi connectivity index (χ1) is 14.3. The highest BCUT2D eigenvalue weighted by Gasteiger charge is 2.21. The van der Waals surface area contributed by atoms with E-state index in [1.807, 2.05) is 0 Å². The molecular weight excluding hydrogens is 456 g/mol. The monoisotopic (exact) mass is 468 g/mol. The number of ether oxygens (including phenoxy) is 1. The fourth-order valence-corrected chi connectivity index (χ4v) is 4.85. The maximum Gasteiger partial charge on any atom is 0.345 e. The molecular formula is C16H12N4O7S3. The average Bonchev–Trinajstić information content (AvgIpc) is 3.39. The molecule has 0 spiro atoms. The van der Waals surface area contributed by atoms with Crippen molar-refractivity contribution in [3.8, 4) is 0 Å². The number of rotatable bonds is 8. The number of carbonyl (C=O) groups is 2. The summed E-state index contributed by atoms with van der Waals surface area (Å²) in [5, 5.41) is 14.2. The number of hydrogen-bond acceptors (Lipinski definition) is 10. The minimum absolute atomic E-state index is 0.00754. The van der Waals surface area contributed by atoms with Crippen LogP contribution in [0.25, 0.3) is 0 Å². The van der Waals surface area contributed by atoms with E-state index in [1.165, 1.54) is 30.3 Å². The predicted molar refractivity (Wildman–Crippen MR) is 109 cm³/mol. The number of nitrogens with zero attached hydrogens (tertiary/aromatic N) is 2. The summed E-state index contributed by atoms with van der Waals surface area (Å²) in [6.07, 6.45) is 0.988. The van der Waals surface area contributed by atoms with Gasteiger partial charge in [-0.25, -0.2) is 18.2 Å². The van der Waals surface area contributed by atoms with Gasteiger partial charge >= 0.3 is 11.0 Å². The second kappa shape index (κ2) is 8.98. The van der Waals surface area contributed by atoms with Crippen LogP contribution in [-0.2, 0) is 19.6 Å². The van der Waals surface area contributed by atoms with E-state index in [-0.39, 0.29) is 25.6 Å². The van der Waals surface area contributed by atoms with Gasteiger partial charge in [0.1, 0.15) is 10.4 Å². The second-order valence-electron chi connectivity index (χ2n) is 5.47. The first-order valence-corrected chi connectivity index (χ1v) is 11.2. The Labute approximate surface area is 177 Å². The fraction of sp³-hybridized carbons (Fsp3) is 0.0625. The number of benzene rings is 1. The van der Waals surface area contributed by atoms with Crippen LogP contribution in [0, 0.1) is 10.1 Å². The van der Waals surface area contributed by atoms with Gasteiger partial charge in [-0.3, -0.25) is 24.9 Å². The first-order valence-electron chi connectivity index (χ1n) is 7.99. The number of amides is 1. The zero-order valence-corrected chi connectivity index (χ0v) is 17.3. The number of aromatic nitrogens is 1. The molecule has 3 aromatic rings. The van der Waals surface area contributed by atoms with Crippen LogP contribution in [0.5, 0.6) is 0 Å². The van der Waals surface area contributed by atoms with Crippen molar-refractivity contribution in [2.45, 2.75) is 4.21 Å². The Morgan fingerprint density at radius 3 is 2.63 bits per heavy atom. The van der Waals surface area contributed by atoms with Gasteiger partial charge in [0.15, 0.2) is 11.7 Å². The number of esters is 1. The second-order valence-corrected chi connectivity index (χ2v) is 9.33. The SMILES string of the molecule is O=C(COC(=O)c1ccccc1NS(=O)(=O)c1cccs1)Nc1ncc([N+](=O)[O-])s1. The Morgan fingerprint density at radius 2 is 1.97 bits per heavy atom. The summed E-state index contributed by atoms with van der Waals surface area (Å²) in [5.74, 6) is -1.69. The number of hydrogen-bond donors (Lipinski definition) is 2. The van der Waals surface area contributed by atoms with Gasteiger partial charge in [0.2, 0.25) is 0 Å². The fourth-order valence-electron chi connectivity index (χ4n) is 2.13. The topological polar surface area (TPSA) is 158 Å². The third-order valence-electron chi connectivity index (χ3n) is 3.41. The molecule has 0 aliphatic heterocycles. The molecule has 0 bridgehead atoms.